The summed E-state index contributed by atoms with van der Waals surface area (Å²) in [6.45, 7) is 11.0. The Hall–Kier alpha value is -0.850. The molecular weight excluding hydrogens is 196 g/mol. The normalized spacial score (nSPS) is 27.6. The Morgan fingerprint density at radius 3 is 2.31 bits per heavy atom. The fourth-order valence-electron chi connectivity index (χ4n) is 3.31. The fraction of sp³-hybridized carbons (Fsp3) is 0.667. The molecule has 0 aromatic carbocycles. The maximum Gasteiger partial charge on any atom is 0.163 e. The number of carbonyl (C=O) groups is 1. The number of carbonyl (C=O) groups excluding carboxylic acids is 1. The van der Waals surface area contributed by atoms with E-state index in [1.807, 2.05) is 0 Å². The highest BCUT2D eigenvalue weighted by atomic mass is 16.1. The molecule has 0 spiro atoms. The Morgan fingerprint density at radius 2 is 1.69 bits per heavy atom. The van der Waals surface area contributed by atoms with Crippen LogP contribution in [0.25, 0.3) is 0 Å². The van der Waals surface area contributed by atoms with E-state index >= 15 is 0 Å². The molecule has 88 valence electrons. The highest BCUT2D eigenvalue weighted by Crippen LogP contribution is 2.46. The molecule has 0 aliphatic heterocycles. The molecule has 0 fully saturated rings. The summed E-state index contributed by atoms with van der Waals surface area (Å²) in [6, 6.07) is 0. The minimum Gasteiger partial charge on any atom is -0.294 e. The number of rotatable bonds is 0. The number of hydrogen-bond acceptors (Lipinski definition) is 1. The third-order valence-corrected chi connectivity index (χ3v) is 3.62. The molecule has 2 aliphatic rings. The van der Waals surface area contributed by atoms with E-state index in [-0.39, 0.29) is 5.41 Å². The molecule has 0 unspecified atom stereocenters. The van der Waals surface area contributed by atoms with Crippen LogP contribution in [0.4, 0.5) is 0 Å². The van der Waals surface area contributed by atoms with E-state index in [0.29, 0.717) is 17.6 Å². The SMILES string of the molecule is CC1=C2C(=O)CC(C)(C)C=C2CC(C)(C)C1. The van der Waals surface area contributed by atoms with E-state index in [2.05, 4.69) is 40.7 Å². The molecule has 1 nitrogen and oxygen atoms in total. The van der Waals surface area contributed by atoms with E-state index in [4.69, 9.17) is 0 Å². The van der Waals surface area contributed by atoms with Crippen LogP contribution in [0.1, 0.15) is 53.9 Å². The third-order valence-electron chi connectivity index (χ3n) is 3.62. The predicted molar refractivity (Wildman–Crippen MR) is 67.2 cm³/mol. The Bertz CT molecular complexity index is 405. The van der Waals surface area contributed by atoms with Crippen LogP contribution in [-0.4, -0.2) is 5.78 Å². The van der Waals surface area contributed by atoms with Gasteiger partial charge in [-0.3, -0.25) is 4.79 Å². The van der Waals surface area contributed by atoms with Crippen LogP contribution < -0.4 is 0 Å². The van der Waals surface area contributed by atoms with Gasteiger partial charge in [0, 0.05) is 12.0 Å². The first-order valence-corrected chi connectivity index (χ1v) is 6.15. The molecule has 0 bridgehead atoms. The minimum absolute atomic E-state index is 0.0453. The molecule has 0 heterocycles. The van der Waals surface area contributed by atoms with Gasteiger partial charge in [0.2, 0.25) is 0 Å². The maximum atomic E-state index is 12.2. The van der Waals surface area contributed by atoms with Crippen molar-refractivity contribution < 1.29 is 4.79 Å². The maximum absolute atomic E-state index is 12.2. The second kappa shape index (κ2) is 3.32. The van der Waals surface area contributed by atoms with Crippen molar-refractivity contribution in [1.82, 2.24) is 0 Å². The van der Waals surface area contributed by atoms with Crippen molar-refractivity contribution >= 4 is 5.78 Å². The standard InChI is InChI=1S/C15H22O/c1-10-6-14(2,3)7-11-8-15(4,5)9-12(16)13(10)11/h8H,6-7,9H2,1-5H3. The summed E-state index contributed by atoms with van der Waals surface area (Å²) in [5.41, 5.74) is 4.01. The van der Waals surface area contributed by atoms with Gasteiger partial charge in [-0.1, -0.05) is 39.3 Å². The largest absolute Gasteiger partial charge is 0.294 e. The summed E-state index contributed by atoms with van der Waals surface area (Å²) in [5, 5.41) is 0. The van der Waals surface area contributed by atoms with Crippen molar-refractivity contribution in [2.45, 2.75) is 53.9 Å². The fourth-order valence-corrected chi connectivity index (χ4v) is 3.31. The molecule has 1 heteroatoms. The number of fused-ring (bicyclic) bond motifs is 1. The Morgan fingerprint density at radius 1 is 1.06 bits per heavy atom. The molecule has 0 N–H and O–H groups in total. The summed E-state index contributed by atoms with van der Waals surface area (Å²) in [7, 11) is 0. The monoisotopic (exact) mass is 218 g/mol. The van der Waals surface area contributed by atoms with Crippen molar-refractivity contribution in [3.05, 3.63) is 22.8 Å². The van der Waals surface area contributed by atoms with Gasteiger partial charge < -0.3 is 0 Å². The zero-order valence-corrected chi connectivity index (χ0v) is 11.1. The molecule has 0 saturated carbocycles. The zero-order valence-electron chi connectivity index (χ0n) is 11.1. The van der Waals surface area contributed by atoms with Crippen molar-refractivity contribution in [3.63, 3.8) is 0 Å². The number of Topliss-reactive ketones (excluding diaryl/α,β-unsaturated/α-hetero) is 1. The number of ketones is 1. The van der Waals surface area contributed by atoms with Crippen molar-refractivity contribution in [2.24, 2.45) is 10.8 Å². The first kappa shape index (κ1) is 11.6. The topological polar surface area (TPSA) is 17.1 Å². The Labute approximate surface area is 98.6 Å². The lowest BCUT2D eigenvalue weighted by atomic mass is 9.65. The molecule has 0 atom stereocenters. The van der Waals surface area contributed by atoms with Gasteiger partial charge in [-0.25, -0.2) is 0 Å². The highest BCUT2D eigenvalue weighted by Gasteiger charge is 2.37. The first-order valence-electron chi connectivity index (χ1n) is 6.15. The van der Waals surface area contributed by atoms with Gasteiger partial charge in [0.25, 0.3) is 0 Å². The molecular formula is C15H22O. The second-order valence-electron chi connectivity index (χ2n) is 6.93. The molecule has 16 heavy (non-hydrogen) atoms. The molecule has 0 aromatic rings. The molecule has 0 radical (unpaired) electrons. The van der Waals surface area contributed by atoms with Crippen molar-refractivity contribution in [2.75, 3.05) is 0 Å². The average molecular weight is 218 g/mol. The number of allylic oxidation sites excluding steroid dienone is 4. The van der Waals surface area contributed by atoms with Gasteiger partial charge >= 0.3 is 0 Å². The van der Waals surface area contributed by atoms with Crippen LogP contribution >= 0.6 is 0 Å². The summed E-state index contributed by atoms with van der Waals surface area (Å²) >= 11 is 0. The Balaban J connectivity index is 2.53. The lowest BCUT2D eigenvalue weighted by Crippen LogP contribution is -2.30. The van der Waals surface area contributed by atoms with Gasteiger partial charge in [-0.2, -0.15) is 0 Å². The Kier molecular flexibility index (Phi) is 2.41. The average Bonchev–Trinajstić information content (AvgIpc) is 1.94. The van der Waals surface area contributed by atoms with Crippen LogP contribution in [0.2, 0.25) is 0 Å². The van der Waals surface area contributed by atoms with Gasteiger partial charge in [0.15, 0.2) is 5.78 Å². The summed E-state index contributed by atoms with van der Waals surface area (Å²) in [5.74, 6) is 0.357. The molecule has 0 aromatic heterocycles. The van der Waals surface area contributed by atoms with Crippen molar-refractivity contribution in [1.29, 1.82) is 0 Å². The van der Waals surface area contributed by atoms with E-state index in [0.717, 1.165) is 18.4 Å². The lowest BCUT2D eigenvalue weighted by Gasteiger charge is -2.38. The van der Waals surface area contributed by atoms with Crippen LogP contribution in [-0.2, 0) is 4.79 Å². The lowest BCUT2D eigenvalue weighted by molar-refractivity contribution is -0.117. The van der Waals surface area contributed by atoms with Crippen LogP contribution in [0, 0.1) is 10.8 Å². The van der Waals surface area contributed by atoms with Gasteiger partial charge in [-0.05, 0) is 36.2 Å². The summed E-state index contributed by atoms with van der Waals surface area (Å²) in [6.07, 6.45) is 5.11. The first-order chi connectivity index (χ1) is 7.20. The molecule has 2 aliphatic carbocycles. The summed E-state index contributed by atoms with van der Waals surface area (Å²) in [4.78, 5) is 12.2. The zero-order chi connectivity index (χ0) is 12.1. The predicted octanol–water partition coefficient (Wildman–Crippen LogP) is 4.05. The van der Waals surface area contributed by atoms with Crippen molar-refractivity contribution in [3.8, 4) is 0 Å². The van der Waals surface area contributed by atoms with E-state index in [9.17, 15) is 4.79 Å². The van der Waals surface area contributed by atoms with Gasteiger partial charge in [0.1, 0.15) is 0 Å². The highest BCUT2D eigenvalue weighted by molar-refractivity contribution is 6.02. The van der Waals surface area contributed by atoms with E-state index in [1.54, 1.807) is 0 Å². The molecule has 0 amide bonds. The minimum atomic E-state index is 0.0453. The van der Waals surface area contributed by atoms with E-state index in [1.165, 1.54) is 11.1 Å². The quantitative estimate of drug-likeness (QED) is 0.599. The van der Waals surface area contributed by atoms with Crippen LogP contribution in [0.5, 0.6) is 0 Å². The summed E-state index contributed by atoms with van der Waals surface area (Å²) < 4.78 is 0. The van der Waals surface area contributed by atoms with Gasteiger partial charge in [0.05, 0.1) is 0 Å². The molecule has 2 rings (SSSR count). The second-order valence-corrected chi connectivity index (χ2v) is 6.93. The van der Waals surface area contributed by atoms with Crippen LogP contribution in [0.15, 0.2) is 22.8 Å². The van der Waals surface area contributed by atoms with E-state index < -0.39 is 0 Å². The van der Waals surface area contributed by atoms with Gasteiger partial charge in [-0.15, -0.1) is 0 Å². The number of hydrogen-bond donors (Lipinski definition) is 0. The smallest absolute Gasteiger partial charge is 0.163 e. The van der Waals surface area contributed by atoms with Crippen LogP contribution in [0.3, 0.4) is 0 Å². The third kappa shape index (κ3) is 2.00. The molecule has 0 saturated heterocycles.